The Morgan fingerprint density at radius 3 is 2.79 bits per heavy atom. The predicted octanol–water partition coefficient (Wildman–Crippen LogP) is 3.45. The molecule has 0 amide bonds. The molecule has 0 radical (unpaired) electrons. The molecule has 0 spiro atoms. The summed E-state index contributed by atoms with van der Waals surface area (Å²) in [7, 11) is 0. The lowest BCUT2D eigenvalue weighted by Crippen LogP contribution is -2.08. The molecule has 2 aromatic heterocycles. The van der Waals surface area contributed by atoms with Gasteiger partial charge in [-0.15, -0.1) is 11.3 Å². The number of thiophene rings is 1. The molecule has 0 saturated heterocycles. The maximum atomic E-state index is 9.00. The van der Waals surface area contributed by atoms with E-state index in [1.54, 1.807) is 17.5 Å². The van der Waals surface area contributed by atoms with Gasteiger partial charge >= 0.3 is 0 Å². The Balaban J connectivity index is 2.21. The Bertz CT molecular complexity index is 612. The number of aromatic nitrogens is 2. The topological polar surface area (TPSA) is 61.6 Å². The monoisotopic (exact) mass is 272 g/mol. The largest absolute Gasteiger partial charge is 0.360 e. The molecular weight excluding hydrogens is 256 g/mol. The highest BCUT2D eigenvalue weighted by molar-refractivity contribution is 7.12. The number of nitrogens with one attached hydrogen (secondary N) is 1. The average Bonchev–Trinajstić information content (AvgIpc) is 2.80. The van der Waals surface area contributed by atoms with Crippen LogP contribution in [-0.4, -0.2) is 9.97 Å². The summed E-state index contributed by atoms with van der Waals surface area (Å²) in [5.41, 5.74) is 1.66. The van der Waals surface area contributed by atoms with Crippen LogP contribution in [0.2, 0.25) is 0 Å². The van der Waals surface area contributed by atoms with Crippen LogP contribution < -0.4 is 5.32 Å². The summed E-state index contributed by atoms with van der Waals surface area (Å²) in [6.07, 6.45) is 4.17. The molecule has 0 aromatic carbocycles. The molecule has 0 aliphatic carbocycles. The first kappa shape index (κ1) is 13.5. The van der Waals surface area contributed by atoms with E-state index < -0.39 is 0 Å². The van der Waals surface area contributed by atoms with Crippen LogP contribution in [0.4, 0.5) is 5.82 Å². The molecule has 19 heavy (non-hydrogen) atoms. The van der Waals surface area contributed by atoms with Gasteiger partial charge in [0, 0.05) is 22.1 Å². The molecule has 2 heterocycles. The molecule has 98 valence electrons. The molecule has 0 saturated carbocycles. The minimum absolute atomic E-state index is 0.118. The van der Waals surface area contributed by atoms with Crippen molar-refractivity contribution in [2.24, 2.45) is 0 Å². The minimum atomic E-state index is 0.118. The summed E-state index contributed by atoms with van der Waals surface area (Å²) in [6, 6.07) is 4.36. The second-order valence-electron chi connectivity index (χ2n) is 4.34. The molecule has 1 atom stereocenters. The van der Waals surface area contributed by atoms with Gasteiger partial charge in [0.2, 0.25) is 0 Å². The Morgan fingerprint density at radius 1 is 1.42 bits per heavy atom. The Labute approximate surface area is 117 Å². The zero-order chi connectivity index (χ0) is 13.8. The van der Waals surface area contributed by atoms with Gasteiger partial charge in [0.15, 0.2) is 11.5 Å². The molecule has 1 unspecified atom stereocenters. The molecule has 2 aromatic rings. The van der Waals surface area contributed by atoms with Crippen LogP contribution in [0, 0.1) is 18.3 Å². The van der Waals surface area contributed by atoms with E-state index in [2.05, 4.69) is 42.1 Å². The number of nitriles is 1. The maximum absolute atomic E-state index is 9.00. The zero-order valence-corrected chi connectivity index (χ0v) is 12.1. The number of hydrogen-bond donors (Lipinski definition) is 1. The first-order valence-corrected chi connectivity index (χ1v) is 7.04. The van der Waals surface area contributed by atoms with Crippen LogP contribution in [0.5, 0.6) is 0 Å². The zero-order valence-electron chi connectivity index (χ0n) is 11.3. The van der Waals surface area contributed by atoms with E-state index in [0.717, 1.165) is 6.42 Å². The van der Waals surface area contributed by atoms with Crippen LogP contribution in [0.1, 0.15) is 40.9 Å². The first-order chi connectivity index (χ1) is 9.15. The van der Waals surface area contributed by atoms with Crippen molar-refractivity contribution in [3.63, 3.8) is 0 Å². The summed E-state index contributed by atoms with van der Waals surface area (Å²) >= 11 is 1.81. The molecule has 5 heteroatoms. The van der Waals surface area contributed by atoms with Crippen LogP contribution in [0.25, 0.3) is 0 Å². The van der Waals surface area contributed by atoms with Gasteiger partial charge in [-0.1, -0.05) is 6.92 Å². The van der Waals surface area contributed by atoms with Crippen LogP contribution in [-0.2, 0) is 6.42 Å². The van der Waals surface area contributed by atoms with Crippen LogP contribution in [0.3, 0.4) is 0 Å². The van der Waals surface area contributed by atoms with E-state index in [1.807, 2.05) is 6.07 Å². The number of aryl methyl sites for hydroxylation is 2. The summed E-state index contributed by atoms with van der Waals surface area (Å²) in [5, 5.41) is 12.3. The van der Waals surface area contributed by atoms with E-state index in [9.17, 15) is 0 Å². The fraction of sp³-hybridized carbons (Fsp3) is 0.357. The Morgan fingerprint density at radius 2 is 2.16 bits per heavy atom. The third kappa shape index (κ3) is 2.91. The molecule has 4 nitrogen and oxygen atoms in total. The number of rotatable bonds is 4. The van der Waals surface area contributed by atoms with Gasteiger partial charge in [-0.3, -0.25) is 0 Å². The molecule has 0 bridgehead atoms. The lowest BCUT2D eigenvalue weighted by molar-refractivity contribution is 0.889. The fourth-order valence-electron chi connectivity index (χ4n) is 1.91. The Kier molecular flexibility index (Phi) is 4.13. The van der Waals surface area contributed by atoms with Gasteiger partial charge < -0.3 is 5.32 Å². The van der Waals surface area contributed by atoms with Crippen molar-refractivity contribution in [3.05, 3.63) is 39.5 Å². The SMILES string of the molecule is CCc1sc(C(C)Nc2nccnc2C#N)cc1C. The van der Waals surface area contributed by atoms with Gasteiger partial charge in [-0.2, -0.15) is 5.26 Å². The smallest absolute Gasteiger partial charge is 0.182 e. The van der Waals surface area contributed by atoms with E-state index >= 15 is 0 Å². The van der Waals surface area contributed by atoms with E-state index in [0.29, 0.717) is 11.5 Å². The molecule has 0 aliphatic rings. The minimum Gasteiger partial charge on any atom is -0.360 e. The highest BCUT2D eigenvalue weighted by Gasteiger charge is 2.13. The van der Waals surface area contributed by atoms with Gasteiger partial charge in [-0.05, 0) is 31.9 Å². The first-order valence-electron chi connectivity index (χ1n) is 6.22. The molecule has 2 rings (SSSR count). The maximum Gasteiger partial charge on any atom is 0.182 e. The van der Waals surface area contributed by atoms with Gasteiger partial charge in [0.25, 0.3) is 0 Å². The average molecular weight is 272 g/mol. The van der Waals surface area contributed by atoms with Gasteiger partial charge in [0.05, 0.1) is 6.04 Å². The highest BCUT2D eigenvalue weighted by Crippen LogP contribution is 2.29. The number of hydrogen-bond acceptors (Lipinski definition) is 5. The van der Waals surface area contributed by atoms with E-state index in [4.69, 9.17) is 5.26 Å². The normalized spacial score (nSPS) is 11.9. The summed E-state index contributed by atoms with van der Waals surface area (Å²) < 4.78 is 0. The standard InChI is InChI=1S/C14H16N4S/c1-4-12-9(2)7-13(19-12)10(3)18-14-11(8-15)16-5-6-17-14/h5-7,10H,4H2,1-3H3,(H,17,18). The second kappa shape index (κ2) is 5.81. The third-order valence-corrected chi connectivity index (χ3v) is 4.51. The quantitative estimate of drug-likeness (QED) is 0.926. The van der Waals surface area contributed by atoms with Gasteiger partial charge in [-0.25, -0.2) is 9.97 Å². The number of anilines is 1. The number of nitrogens with zero attached hydrogens (tertiary/aromatic N) is 3. The van der Waals surface area contributed by atoms with Gasteiger partial charge in [0.1, 0.15) is 6.07 Å². The summed E-state index contributed by atoms with van der Waals surface area (Å²) in [5.74, 6) is 0.543. The lowest BCUT2D eigenvalue weighted by Gasteiger charge is -2.13. The fourth-order valence-corrected chi connectivity index (χ4v) is 3.03. The van der Waals surface area contributed by atoms with E-state index in [-0.39, 0.29) is 6.04 Å². The lowest BCUT2D eigenvalue weighted by atomic mass is 10.2. The van der Waals surface area contributed by atoms with Crippen molar-refractivity contribution < 1.29 is 0 Å². The van der Waals surface area contributed by atoms with Crippen LogP contribution >= 0.6 is 11.3 Å². The molecular formula is C14H16N4S. The molecule has 0 aliphatic heterocycles. The summed E-state index contributed by atoms with van der Waals surface area (Å²) in [4.78, 5) is 10.8. The highest BCUT2D eigenvalue weighted by atomic mass is 32.1. The predicted molar refractivity (Wildman–Crippen MR) is 77.2 cm³/mol. The Hall–Kier alpha value is -1.93. The van der Waals surface area contributed by atoms with Crippen molar-refractivity contribution in [3.8, 4) is 6.07 Å². The van der Waals surface area contributed by atoms with E-state index in [1.165, 1.54) is 21.5 Å². The summed E-state index contributed by atoms with van der Waals surface area (Å²) in [6.45, 7) is 6.37. The second-order valence-corrected chi connectivity index (χ2v) is 5.51. The van der Waals surface area contributed by atoms with Crippen molar-refractivity contribution >= 4 is 17.2 Å². The van der Waals surface area contributed by atoms with Crippen molar-refractivity contribution in [2.75, 3.05) is 5.32 Å². The third-order valence-electron chi connectivity index (χ3n) is 2.94. The molecule has 0 fully saturated rings. The van der Waals surface area contributed by atoms with Crippen molar-refractivity contribution in [1.29, 1.82) is 5.26 Å². The van der Waals surface area contributed by atoms with Crippen LogP contribution in [0.15, 0.2) is 18.5 Å². The van der Waals surface area contributed by atoms with Crippen molar-refractivity contribution in [2.45, 2.75) is 33.2 Å². The van der Waals surface area contributed by atoms with Crippen molar-refractivity contribution in [1.82, 2.24) is 9.97 Å². The molecule has 1 N–H and O–H groups in total.